The minimum Gasteiger partial charge on any atom is -0.488 e. The Hall–Kier alpha value is -0.730. The van der Waals surface area contributed by atoms with Crippen LogP contribution in [0.3, 0.4) is 0 Å². The van der Waals surface area contributed by atoms with Crippen molar-refractivity contribution < 1.29 is 4.74 Å². The van der Waals surface area contributed by atoms with Crippen molar-refractivity contribution >= 4 is 11.6 Å². The van der Waals surface area contributed by atoms with Gasteiger partial charge in [0.2, 0.25) is 0 Å². The van der Waals surface area contributed by atoms with Gasteiger partial charge in [-0.15, -0.1) is 0 Å². The molecule has 1 aromatic carbocycles. The van der Waals surface area contributed by atoms with Crippen molar-refractivity contribution in [2.24, 2.45) is 17.8 Å². The maximum absolute atomic E-state index is 6.03. The van der Waals surface area contributed by atoms with Gasteiger partial charge >= 0.3 is 0 Å². The van der Waals surface area contributed by atoms with Crippen LogP contribution in [0.1, 0.15) is 31.2 Å². The summed E-state index contributed by atoms with van der Waals surface area (Å²) in [6, 6.07) is 5.94. The molecule has 108 valence electrons. The predicted octanol–water partition coefficient (Wildman–Crippen LogP) is 3.67. The van der Waals surface area contributed by atoms with Gasteiger partial charge in [0.05, 0.1) is 0 Å². The van der Waals surface area contributed by atoms with Gasteiger partial charge in [0.1, 0.15) is 11.9 Å². The third kappa shape index (κ3) is 2.44. The molecule has 0 saturated heterocycles. The largest absolute Gasteiger partial charge is 0.488 e. The summed E-state index contributed by atoms with van der Waals surface area (Å²) in [5.41, 5.74) is 1.25. The van der Waals surface area contributed by atoms with Crippen molar-refractivity contribution in [2.75, 3.05) is 13.1 Å². The molecular formula is C17H22ClNO. The van der Waals surface area contributed by atoms with E-state index in [1.165, 1.54) is 37.8 Å². The van der Waals surface area contributed by atoms with E-state index in [9.17, 15) is 0 Å². The second-order valence-corrected chi connectivity index (χ2v) is 7.23. The number of rotatable bonds is 4. The highest BCUT2D eigenvalue weighted by atomic mass is 35.5. The first-order chi connectivity index (χ1) is 9.78. The first-order valence-electron chi connectivity index (χ1n) is 7.94. The van der Waals surface area contributed by atoms with E-state index in [0.717, 1.165) is 41.5 Å². The van der Waals surface area contributed by atoms with Gasteiger partial charge in [-0.25, -0.2) is 0 Å². The van der Waals surface area contributed by atoms with Crippen LogP contribution >= 0.6 is 11.6 Å². The van der Waals surface area contributed by atoms with Gasteiger partial charge in [-0.1, -0.05) is 18.0 Å². The van der Waals surface area contributed by atoms with Crippen molar-refractivity contribution in [2.45, 2.75) is 38.2 Å². The number of benzene rings is 1. The molecule has 4 atom stereocenters. The molecule has 4 rings (SSSR count). The quantitative estimate of drug-likeness (QED) is 0.914. The van der Waals surface area contributed by atoms with Crippen molar-refractivity contribution in [3.63, 3.8) is 0 Å². The minimum absolute atomic E-state index is 0.280. The number of nitrogens with one attached hydrogen (secondary N) is 1. The molecule has 2 saturated carbocycles. The van der Waals surface area contributed by atoms with Gasteiger partial charge in [-0.2, -0.15) is 0 Å². The maximum atomic E-state index is 6.03. The Labute approximate surface area is 125 Å². The average molecular weight is 292 g/mol. The number of halogens is 1. The monoisotopic (exact) mass is 291 g/mol. The Balaban J connectivity index is 1.26. The SMILES string of the molecule is Clc1ccc2c(c1)CC(CNCC1CC3CCC1C3)O2. The smallest absolute Gasteiger partial charge is 0.123 e. The summed E-state index contributed by atoms with van der Waals surface area (Å²) in [7, 11) is 0. The molecule has 1 N–H and O–H groups in total. The fourth-order valence-electron chi connectivity index (χ4n) is 4.46. The van der Waals surface area contributed by atoms with Gasteiger partial charge in [-0.05, 0) is 67.3 Å². The Morgan fingerprint density at radius 1 is 1.20 bits per heavy atom. The summed E-state index contributed by atoms with van der Waals surface area (Å²) < 4.78 is 5.97. The third-order valence-corrected chi connectivity index (χ3v) is 5.66. The molecule has 1 aliphatic heterocycles. The molecule has 2 aliphatic carbocycles. The molecule has 3 heteroatoms. The number of hydrogen-bond acceptors (Lipinski definition) is 2. The molecule has 4 unspecified atom stereocenters. The standard InChI is InChI=1S/C17H22ClNO/c18-15-3-4-17-13(7-15)8-16(20-17)10-19-9-14-6-11-1-2-12(14)5-11/h3-4,7,11-12,14,16,19H,1-2,5-6,8-10H2. The lowest BCUT2D eigenvalue weighted by atomic mass is 9.89. The van der Waals surface area contributed by atoms with E-state index in [4.69, 9.17) is 16.3 Å². The Kier molecular flexibility index (Phi) is 3.39. The van der Waals surface area contributed by atoms with Gasteiger partial charge in [0.15, 0.2) is 0 Å². The van der Waals surface area contributed by atoms with Crippen LogP contribution in [0.15, 0.2) is 18.2 Å². The Morgan fingerprint density at radius 3 is 2.95 bits per heavy atom. The number of fused-ring (bicyclic) bond motifs is 3. The van der Waals surface area contributed by atoms with Gasteiger partial charge in [0, 0.05) is 18.0 Å². The van der Waals surface area contributed by atoms with Crippen LogP contribution in [-0.2, 0) is 6.42 Å². The van der Waals surface area contributed by atoms with Crippen LogP contribution in [0.4, 0.5) is 0 Å². The van der Waals surface area contributed by atoms with Crippen LogP contribution in [0.2, 0.25) is 5.02 Å². The zero-order chi connectivity index (χ0) is 13.5. The summed E-state index contributed by atoms with van der Waals surface area (Å²) >= 11 is 6.03. The molecule has 3 aliphatic rings. The van der Waals surface area contributed by atoms with E-state index in [1.807, 2.05) is 18.2 Å². The average Bonchev–Trinajstić information content (AvgIpc) is 3.12. The van der Waals surface area contributed by atoms with Crippen molar-refractivity contribution in [3.05, 3.63) is 28.8 Å². The van der Waals surface area contributed by atoms with E-state index < -0.39 is 0 Å². The van der Waals surface area contributed by atoms with Crippen LogP contribution in [0, 0.1) is 17.8 Å². The van der Waals surface area contributed by atoms with Gasteiger partial charge < -0.3 is 10.1 Å². The zero-order valence-electron chi connectivity index (χ0n) is 11.8. The fraction of sp³-hybridized carbons (Fsp3) is 0.647. The summed E-state index contributed by atoms with van der Waals surface area (Å²) in [4.78, 5) is 0. The summed E-state index contributed by atoms with van der Waals surface area (Å²) in [6.07, 6.45) is 7.18. The molecule has 2 nitrogen and oxygen atoms in total. The predicted molar refractivity (Wildman–Crippen MR) is 81.4 cm³/mol. The van der Waals surface area contributed by atoms with E-state index in [0.29, 0.717) is 0 Å². The van der Waals surface area contributed by atoms with E-state index in [1.54, 1.807) is 0 Å². The van der Waals surface area contributed by atoms with Crippen molar-refractivity contribution in [3.8, 4) is 5.75 Å². The lowest BCUT2D eigenvalue weighted by molar-refractivity contribution is 0.218. The zero-order valence-corrected chi connectivity index (χ0v) is 12.5. The number of hydrogen-bond donors (Lipinski definition) is 1. The third-order valence-electron chi connectivity index (χ3n) is 5.43. The normalized spacial score (nSPS) is 34.2. The first kappa shape index (κ1) is 13.0. The first-order valence-corrected chi connectivity index (χ1v) is 8.31. The molecule has 0 spiro atoms. The molecule has 1 heterocycles. The molecule has 2 fully saturated rings. The maximum Gasteiger partial charge on any atom is 0.123 e. The molecule has 0 aromatic heterocycles. The molecule has 0 radical (unpaired) electrons. The molecular weight excluding hydrogens is 270 g/mol. The molecule has 2 bridgehead atoms. The fourth-order valence-corrected chi connectivity index (χ4v) is 4.65. The lowest BCUT2D eigenvalue weighted by Crippen LogP contribution is -2.34. The van der Waals surface area contributed by atoms with Crippen LogP contribution in [0.25, 0.3) is 0 Å². The summed E-state index contributed by atoms with van der Waals surface area (Å²) in [5, 5.41) is 4.45. The number of ether oxygens (including phenoxy) is 1. The van der Waals surface area contributed by atoms with E-state index in [2.05, 4.69) is 5.32 Å². The Bertz CT molecular complexity index is 504. The topological polar surface area (TPSA) is 21.3 Å². The summed E-state index contributed by atoms with van der Waals surface area (Å²) in [5.74, 6) is 3.99. The highest BCUT2D eigenvalue weighted by Gasteiger charge is 2.39. The van der Waals surface area contributed by atoms with Gasteiger partial charge in [0.25, 0.3) is 0 Å². The van der Waals surface area contributed by atoms with E-state index >= 15 is 0 Å². The van der Waals surface area contributed by atoms with Crippen molar-refractivity contribution in [1.29, 1.82) is 0 Å². The lowest BCUT2D eigenvalue weighted by Gasteiger charge is -2.22. The highest BCUT2D eigenvalue weighted by molar-refractivity contribution is 6.30. The van der Waals surface area contributed by atoms with Gasteiger partial charge in [-0.3, -0.25) is 0 Å². The van der Waals surface area contributed by atoms with Crippen LogP contribution in [-0.4, -0.2) is 19.2 Å². The molecule has 1 aromatic rings. The summed E-state index contributed by atoms with van der Waals surface area (Å²) in [6.45, 7) is 2.14. The second-order valence-electron chi connectivity index (χ2n) is 6.79. The van der Waals surface area contributed by atoms with Crippen LogP contribution in [0.5, 0.6) is 5.75 Å². The molecule has 0 amide bonds. The second kappa shape index (κ2) is 5.23. The minimum atomic E-state index is 0.280. The van der Waals surface area contributed by atoms with Crippen molar-refractivity contribution in [1.82, 2.24) is 5.32 Å². The Morgan fingerprint density at radius 2 is 2.15 bits per heavy atom. The molecule has 20 heavy (non-hydrogen) atoms. The highest BCUT2D eigenvalue weighted by Crippen LogP contribution is 2.47. The van der Waals surface area contributed by atoms with E-state index in [-0.39, 0.29) is 6.10 Å². The van der Waals surface area contributed by atoms with Crippen LogP contribution < -0.4 is 10.1 Å².